The first-order valence-electron chi connectivity index (χ1n) is 5.37. The van der Waals surface area contributed by atoms with E-state index in [0.29, 0.717) is 13.0 Å². The van der Waals surface area contributed by atoms with Crippen LogP contribution in [0.3, 0.4) is 0 Å². The predicted molar refractivity (Wildman–Crippen MR) is 59.2 cm³/mol. The third-order valence-corrected chi connectivity index (χ3v) is 3.00. The molecule has 1 aromatic rings. The van der Waals surface area contributed by atoms with E-state index in [1.54, 1.807) is 0 Å². The lowest BCUT2D eigenvalue weighted by molar-refractivity contribution is 0.173. The SMILES string of the molecule is NC[C@]1(F)CCN(Cc2ccccc2)C1. The van der Waals surface area contributed by atoms with Crippen molar-refractivity contribution in [2.45, 2.75) is 18.6 Å². The van der Waals surface area contributed by atoms with Crippen LogP contribution in [0.4, 0.5) is 4.39 Å². The number of hydrogen-bond donors (Lipinski definition) is 1. The van der Waals surface area contributed by atoms with Crippen molar-refractivity contribution in [1.29, 1.82) is 0 Å². The summed E-state index contributed by atoms with van der Waals surface area (Å²) < 4.78 is 13.8. The molecule has 0 unspecified atom stereocenters. The van der Waals surface area contributed by atoms with Crippen LogP contribution in [-0.2, 0) is 6.54 Å². The van der Waals surface area contributed by atoms with Gasteiger partial charge in [-0.2, -0.15) is 0 Å². The van der Waals surface area contributed by atoms with Gasteiger partial charge in [0.15, 0.2) is 0 Å². The van der Waals surface area contributed by atoms with Crippen molar-refractivity contribution in [3.8, 4) is 0 Å². The van der Waals surface area contributed by atoms with Crippen molar-refractivity contribution in [2.24, 2.45) is 5.73 Å². The average molecular weight is 208 g/mol. The van der Waals surface area contributed by atoms with Crippen LogP contribution in [0.5, 0.6) is 0 Å². The number of likely N-dealkylation sites (tertiary alicyclic amines) is 1. The fourth-order valence-corrected chi connectivity index (χ4v) is 2.06. The van der Waals surface area contributed by atoms with Crippen molar-refractivity contribution in [3.05, 3.63) is 35.9 Å². The van der Waals surface area contributed by atoms with Crippen LogP contribution in [0.25, 0.3) is 0 Å². The van der Waals surface area contributed by atoms with Crippen molar-refractivity contribution >= 4 is 0 Å². The zero-order chi connectivity index (χ0) is 10.7. The first-order valence-corrected chi connectivity index (χ1v) is 5.37. The minimum absolute atomic E-state index is 0.137. The quantitative estimate of drug-likeness (QED) is 0.816. The first kappa shape index (κ1) is 10.6. The van der Waals surface area contributed by atoms with Crippen molar-refractivity contribution in [3.63, 3.8) is 0 Å². The maximum Gasteiger partial charge on any atom is 0.137 e. The number of alkyl halides is 1. The van der Waals surface area contributed by atoms with Gasteiger partial charge in [-0.3, -0.25) is 4.90 Å². The van der Waals surface area contributed by atoms with Gasteiger partial charge in [-0.15, -0.1) is 0 Å². The molecule has 2 nitrogen and oxygen atoms in total. The summed E-state index contributed by atoms with van der Waals surface area (Å²) in [5, 5.41) is 0. The fourth-order valence-electron chi connectivity index (χ4n) is 2.06. The topological polar surface area (TPSA) is 29.3 Å². The highest BCUT2D eigenvalue weighted by Crippen LogP contribution is 2.25. The summed E-state index contributed by atoms with van der Waals surface area (Å²) in [5.41, 5.74) is 5.50. The van der Waals surface area contributed by atoms with Crippen molar-refractivity contribution < 1.29 is 4.39 Å². The molecular weight excluding hydrogens is 191 g/mol. The van der Waals surface area contributed by atoms with E-state index >= 15 is 0 Å². The molecule has 0 spiro atoms. The fraction of sp³-hybridized carbons (Fsp3) is 0.500. The molecule has 0 amide bonds. The molecule has 15 heavy (non-hydrogen) atoms. The summed E-state index contributed by atoms with van der Waals surface area (Å²) in [7, 11) is 0. The summed E-state index contributed by atoms with van der Waals surface area (Å²) in [6.45, 7) is 2.24. The van der Waals surface area contributed by atoms with E-state index in [1.165, 1.54) is 5.56 Å². The first-order chi connectivity index (χ1) is 7.22. The van der Waals surface area contributed by atoms with E-state index in [9.17, 15) is 4.39 Å². The van der Waals surface area contributed by atoms with E-state index in [4.69, 9.17) is 5.73 Å². The maximum atomic E-state index is 13.8. The molecule has 0 bridgehead atoms. The van der Waals surface area contributed by atoms with Gasteiger partial charge in [-0.1, -0.05) is 30.3 Å². The number of rotatable bonds is 3. The van der Waals surface area contributed by atoms with Crippen LogP contribution in [0.2, 0.25) is 0 Å². The predicted octanol–water partition coefficient (Wildman–Crippen LogP) is 1.56. The number of benzene rings is 1. The third kappa shape index (κ3) is 2.55. The Morgan fingerprint density at radius 2 is 2.07 bits per heavy atom. The number of hydrogen-bond acceptors (Lipinski definition) is 2. The lowest BCUT2D eigenvalue weighted by atomic mass is 10.1. The number of nitrogens with two attached hydrogens (primary N) is 1. The Balaban J connectivity index is 1.93. The Kier molecular flexibility index (Phi) is 3.03. The molecule has 2 rings (SSSR count). The third-order valence-electron chi connectivity index (χ3n) is 3.00. The molecule has 0 aliphatic carbocycles. The molecule has 0 aromatic heterocycles. The van der Waals surface area contributed by atoms with Gasteiger partial charge in [0.05, 0.1) is 0 Å². The molecule has 2 N–H and O–H groups in total. The van der Waals surface area contributed by atoms with Gasteiger partial charge in [0.2, 0.25) is 0 Å². The number of nitrogens with zero attached hydrogens (tertiary/aromatic N) is 1. The van der Waals surface area contributed by atoms with Crippen LogP contribution < -0.4 is 5.73 Å². The van der Waals surface area contributed by atoms with Gasteiger partial charge in [0.25, 0.3) is 0 Å². The van der Waals surface area contributed by atoms with Gasteiger partial charge in [-0.05, 0) is 12.0 Å². The zero-order valence-corrected chi connectivity index (χ0v) is 8.82. The highest BCUT2D eigenvalue weighted by Gasteiger charge is 2.36. The molecule has 0 radical (unpaired) electrons. The molecular formula is C12H17FN2. The Morgan fingerprint density at radius 3 is 2.67 bits per heavy atom. The summed E-state index contributed by atoms with van der Waals surface area (Å²) >= 11 is 0. The molecule has 0 saturated carbocycles. The van der Waals surface area contributed by atoms with E-state index in [-0.39, 0.29) is 6.54 Å². The second kappa shape index (κ2) is 4.29. The van der Waals surface area contributed by atoms with Crippen molar-refractivity contribution in [1.82, 2.24) is 4.90 Å². The molecule has 1 fully saturated rings. The highest BCUT2D eigenvalue weighted by molar-refractivity contribution is 5.15. The Morgan fingerprint density at radius 1 is 1.33 bits per heavy atom. The van der Waals surface area contributed by atoms with Crippen LogP contribution >= 0.6 is 0 Å². The summed E-state index contributed by atoms with van der Waals surface area (Å²) in [6.07, 6.45) is 0.566. The molecule has 82 valence electrons. The average Bonchev–Trinajstić information content (AvgIpc) is 2.63. The second-order valence-electron chi connectivity index (χ2n) is 4.30. The highest BCUT2D eigenvalue weighted by atomic mass is 19.1. The Bertz CT molecular complexity index is 315. The van der Waals surface area contributed by atoms with Crippen LogP contribution in [0.1, 0.15) is 12.0 Å². The molecule has 1 heterocycles. The van der Waals surface area contributed by atoms with Gasteiger partial charge in [0.1, 0.15) is 5.67 Å². The van der Waals surface area contributed by atoms with E-state index in [0.717, 1.165) is 13.1 Å². The lowest BCUT2D eigenvalue weighted by Gasteiger charge is -2.19. The molecule has 1 aromatic carbocycles. The standard InChI is InChI=1S/C12H17FN2/c13-12(9-14)6-7-15(10-12)8-11-4-2-1-3-5-11/h1-5H,6-10,14H2/t12-/m1/s1. The molecule has 1 atom stereocenters. The monoisotopic (exact) mass is 208 g/mol. The molecule has 1 saturated heterocycles. The summed E-state index contributed by atoms with van der Waals surface area (Å²) in [5.74, 6) is 0. The van der Waals surface area contributed by atoms with Crippen LogP contribution in [0.15, 0.2) is 30.3 Å². The van der Waals surface area contributed by atoms with Gasteiger partial charge in [-0.25, -0.2) is 4.39 Å². The lowest BCUT2D eigenvalue weighted by Crippen LogP contribution is -2.36. The minimum atomic E-state index is -1.16. The number of halogens is 1. The van der Waals surface area contributed by atoms with E-state index in [1.807, 2.05) is 18.2 Å². The van der Waals surface area contributed by atoms with E-state index in [2.05, 4.69) is 17.0 Å². The molecule has 1 aliphatic rings. The second-order valence-corrected chi connectivity index (χ2v) is 4.30. The Labute approximate surface area is 89.9 Å². The smallest absolute Gasteiger partial charge is 0.137 e. The normalized spacial score (nSPS) is 27.1. The largest absolute Gasteiger partial charge is 0.327 e. The van der Waals surface area contributed by atoms with Gasteiger partial charge in [0, 0.05) is 26.2 Å². The Hall–Kier alpha value is -0.930. The summed E-state index contributed by atoms with van der Waals surface area (Å²) in [4.78, 5) is 2.13. The zero-order valence-electron chi connectivity index (χ0n) is 8.82. The molecule has 3 heteroatoms. The molecule has 1 aliphatic heterocycles. The van der Waals surface area contributed by atoms with Gasteiger partial charge >= 0.3 is 0 Å². The van der Waals surface area contributed by atoms with Gasteiger partial charge < -0.3 is 5.73 Å². The van der Waals surface area contributed by atoms with Crippen LogP contribution in [-0.4, -0.2) is 30.2 Å². The van der Waals surface area contributed by atoms with Crippen molar-refractivity contribution in [2.75, 3.05) is 19.6 Å². The summed E-state index contributed by atoms with van der Waals surface area (Å²) in [6, 6.07) is 10.2. The maximum absolute atomic E-state index is 13.8. The van der Waals surface area contributed by atoms with Crippen LogP contribution in [0, 0.1) is 0 Å². The minimum Gasteiger partial charge on any atom is -0.327 e. The van der Waals surface area contributed by atoms with E-state index < -0.39 is 5.67 Å².